The first-order chi connectivity index (χ1) is 12.4. The Morgan fingerprint density at radius 3 is 2.35 bits per heavy atom. The van der Waals surface area contributed by atoms with Gasteiger partial charge in [0.2, 0.25) is 0 Å². The summed E-state index contributed by atoms with van der Waals surface area (Å²) in [4.78, 5) is 61.3. The Balaban J connectivity index is 1.90. The summed E-state index contributed by atoms with van der Waals surface area (Å²) >= 11 is 0. The van der Waals surface area contributed by atoms with Crippen LogP contribution < -0.4 is 16.6 Å². The van der Waals surface area contributed by atoms with Crippen molar-refractivity contribution in [2.75, 3.05) is 18.5 Å². The second kappa shape index (κ2) is 8.42. The van der Waals surface area contributed by atoms with Gasteiger partial charge < -0.3 is 19.8 Å². The van der Waals surface area contributed by atoms with E-state index < -0.39 is 41.3 Å². The maximum atomic E-state index is 11.8. The molecule has 1 amide bonds. The SMILES string of the molecule is CCOC(=O)c1ccc(NC(=O)COC(=O)c2c[nH]c(=O)[nH]c2=O)cc1. The number of carbonyl (C=O) groups excluding carboxylic acids is 3. The molecule has 1 aromatic heterocycles. The van der Waals surface area contributed by atoms with E-state index >= 15 is 0 Å². The fraction of sp³-hybridized carbons (Fsp3) is 0.188. The number of carbonyl (C=O) groups is 3. The lowest BCUT2D eigenvalue weighted by Gasteiger charge is -2.07. The topological polar surface area (TPSA) is 147 Å². The standard InChI is InChI=1S/C16H15N3O7/c1-2-25-14(22)9-3-5-10(6-4-9)18-12(20)8-26-15(23)11-7-17-16(24)19-13(11)21/h3-7H,2,8H2,1H3,(H,18,20)(H2,17,19,21,24). The number of rotatable bonds is 6. The number of hydrogen-bond donors (Lipinski definition) is 3. The number of H-pyrrole nitrogens is 2. The van der Waals surface area contributed by atoms with Gasteiger partial charge in [0.15, 0.2) is 6.61 Å². The average molecular weight is 361 g/mol. The molecule has 0 fully saturated rings. The number of anilines is 1. The van der Waals surface area contributed by atoms with Crippen LogP contribution in [0.3, 0.4) is 0 Å². The summed E-state index contributed by atoms with van der Waals surface area (Å²) in [5, 5.41) is 2.46. The largest absolute Gasteiger partial charge is 0.462 e. The van der Waals surface area contributed by atoms with E-state index in [-0.39, 0.29) is 6.61 Å². The maximum absolute atomic E-state index is 11.8. The minimum atomic E-state index is -1.06. The number of benzene rings is 1. The third-order valence-corrected chi connectivity index (χ3v) is 3.05. The third kappa shape index (κ3) is 4.90. The lowest BCUT2D eigenvalue weighted by Crippen LogP contribution is -2.29. The smallest absolute Gasteiger partial charge is 0.345 e. The second-order valence-corrected chi connectivity index (χ2v) is 4.91. The zero-order valence-electron chi connectivity index (χ0n) is 13.7. The van der Waals surface area contributed by atoms with Crippen molar-refractivity contribution in [3.05, 3.63) is 62.4 Å². The molecule has 0 unspecified atom stereocenters. The Morgan fingerprint density at radius 1 is 1.04 bits per heavy atom. The van der Waals surface area contributed by atoms with Crippen molar-refractivity contribution in [3.8, 4) is 0 Å². The first kappa shape index (κ1) is 18.6. The quantitative estimate of drug-likeness (QED) is 0.615. The molecule has 2 rings (SSSR count). The molecule has 0 atom stereocenters. The number of nitrogens with one attached hydrogen (secondary N) is 3. The molecule has 1 aromatic carbocycles. The summed E-state index contributed by atoms with van der Waals surface area (Å²) in [6, 6.07) is 5.91. The van der Waals surface area contributed by atoms with Gasteiger partial charge in [-0.1, -0.05) is 0 Å². The summed E-state index contributed by atoms with van der Waals surface area (Å²) in [6.07, 6.45) is 0.898. The highest BCUT2D eigenvalue weighted by Gasteiger charge is 2.14. The number of aromatic amines is 2. The number of hydrogen-bond acceptors (Lipinski definition) is 7. The Morgan fingerprint density at radius 2 is 1.73 bits per heavy atom. The van der Waals surface area contributed by atoms with Crippen LogP contribution in [0.4, 0.5) is 5.69 Å². The molecule has 3 N–H and O–H groups in total. The molecule has 0 aliphatic carbocycles. The van der Waals surface area contributed by atoms with Gasteiger partial charge in [-0.05, 0) is 31.2 Å². The predicted octanol–water partition coefficient (Wildman–Crippen LogP) is 0.0354. The van der Waals surface area contributed by atoms with E-state index in [1.54, 1.807) is 6.92 Å². The van der Waals surface area contributed by atoms with Crippen molar-refractivity contribution in [2.24, 2.45) is 0 Å². The molecule has 26 heavy (non-hydrogen) atoms. The van der Waals surface area contributed by atoms with E-state index in [9.17, 15) is 24.0 Å². The summed E-state index contributed by atoms with van der Waals surface area (Å²) in [5.41, 5.74) is -1.42. The molecule has 0 saturated carbocycles. The van der Waals surface area contributed by atoms with Crippen LogP contribution in [0.5, 0.6) is 0 Å². The van der Waals surface area contributed by atoms with Crippen LogP contribution in [0.25, 0.3) is 0 Å². The summed E-state index contributed by atoms with van der Waals surface area (Å²) in [6.45, 7) is 1.30. The van der Waals surface area contributed by atoms with Crippen molar-refractivity contribution in [2.45, 2.75) is 6.92 Å². The Labute approximate surface area is 146 Å². The molecule has 0 bridgehead atoms. The van der Waals surface area contributed by atoms with Gasteiger partial charge in [0.1, 0.15) is 5.56 Å². The van der Waals surface area contributed by atoms with Crippen LogP contribution >= 0.6 is 0 Å². The molecule has 1 heterocycles. The van der Waals surface area contributed by atoms with Crippen molar-refractivity contribution in [3.63, 3.8) is 0 Å². The zero-order chi connectivity index (χ0) is 19.1. The molecule has 0 spiro atoms. The highest BCUT2D eigenvalue weighted by molar-refractivity contribution is 5.96. The molecule has 2 aromatic rings. The minimum absolute atomic E-state index is 0.251. The lowest BCUT2D eigenvalue weighted by atomic mass is 10.2. The molecule has 0 saturated heterocycles. The first-order valence-corrected chi connectivity index (χ1v) is 7.47. The van der Waals surface area contributed by atoms with Crippen LogP contribution in [0, 0.1) is 0 Å². The van der Waals surface area contributed by atoms with Crippen LogP contribution in [-0.2, 0) is 14.3 Å². The fourth-order valence-electron chi connectivity index (χ4n) is 1.87. The van der Waals surface area contributed by atoms with Gasteiger partial charge in [-0.15, -0.1) is 0 Å². The van der Waals surface area contributed by atoms with E-state index in [4.69, 9.17) is 9.47 Å². The molecule has 10 heteroatoms. The van der Waals surface area contributed by atoms with E-state index in [2.05, 4.69) is 10.3 Å². The Bertz CT molecular complexity index is 928. The van der Waals surface area contributed by atoms with E-state index in [0.717, 1.165) is 6.20 Å². The van der Waals surface area contributed by atoms with Crippen molar-refractivity contribution >= 4 is 23.5 Å². The van der Waals surface area contributed by atoms with Crippen molar-refractivity contribution in [1.82, 2.24) is 9.97 Å². The van der Waals surface area contributed by atoms with E-state index in [0.29, 0.717) is 11.3 Å². The molecule has 10 nitrogen and oxygen atoms in total. The third-order valence-electron chi connectivity index (χ3n) is 3.05. The number of amides is 1. The molecular weight excluding hydrogens is 346 g/mol. The lowest BCUT2D eigenvalue weighted by molar-refractivity contribution is -0.119. The van der Waals surface area contributed by atoms with Gasteiger partial charge in [0, 0.05) is 11.9 Å². The normalized spacial score (nSPS) is 10.0. The van der Waals surface area contributed by atoms with Gasteiger partial charge in [-0.3, -0.25) is 14.6 Å². The molecule has 0 radical (unpaired) electrons. The molecule has 136 valence electrons. The van der Waals surface area contributed by atoms with Gasteiger partial charge >= 0.3 is 17.6 Å². The summed E-state index contributed by atoms with van der Waals surface area (Å²) < 4.78 is 9.55. The van der Waals surface area contributed by atoms with Crippen LogP contribution in [0.2, 0.25) is 0 Å². The maximum Gasteiger partial charge on any atom is 0.345 e. The average Bonchev–Trinajstić information content (AvgIpc) is 2.60. The Kier molecular flexibility index (Phi) is 6.04. The second-order valence-electron chi connectivity index (χ2n) is 4.91. The monoisotopic (exact) mass is 361 g/mol. The van der Waals surface area contributed by atoms with Crippen LogP contribution in [0.15, 0.2) is 40.1 Å². The minimum Gasteiger partial charge on any atom is -0.462 e. The van der Waals surface area contributed by atoms with Crippen LogP contribution in [-0.4, -0.2) is 41.0 Å². The van der Waals surface area contributed by atoms with Crippen LogP contribution in [0.1, 0.15) is 27.6 Å². The Hall–Kier alpha value is -3.69. The van der Waals surface area contributed by atoms with Gasteiger partial charge in [-0.2, -0.15) is 0 Å². The van der Waals surface area contributed by atoms with Crippen molar-refractivity contribution < 1.29 is 23.9 Å². The highest BCUT2D eigenvalue weighted by Crippen LogP contribution is 2.10. The van der Waals surface area contributed by atoms with Gasteiger partial charge in [0.25, 0.3) is 11.5 Å². The molecule has 0 aliphatic rings. The van der Waals surface area contributed by atoms with Gasteiger partial charge in [0.05, 0.1) is 12.2 Å². The summed E-state index contributed by atoms with van der Waals surface area (Å²) in [7, 11) is 0. The molecule has 0 aliphatic heterocycles. The number of ether oxygens (including phenoxy) is 2. The zero-order valence-corrected chi connectivity index (χ0v) is 13.7. The first-order valence-electron chi connectivity index (χ1n) is 7.47. The number of aromatic nitrogens is 2. The number of esters is 2. The van der Waals surface area contributed by atoms with Gasteiger partial charge in [-0.25, -0.2) is 14.4 Å². The summed E-state index contributed by atoms with van der Waals surface area (Å²) in [5.74, 6) is -2.19. The predicted molar refractivity (Wildman–Crippen MR) is 89.0 cm³/mol. The van der Waals surface area contributed by atoms with E-state index in [1.807, 2.05) is 4.98 Å². The van der Waals surface area contributed by atoms with E-state index in [1.165, 1.54) is 24.3 Å². The van der Waals surface area contributed by atoms with Crippen molar-refractivity contribution in [1.29, 1.82) is 0 Å². The molecular formula is C16H15N3O7. The highest BCUT2D eigenvalue weighted by atomic mass is 16.5. The fourth-order valence-corrected chi connectivity index (χ4v) is 1.87.